The summed E-state index contributed by atoms with van der Waals surface area (Å²) < 4.78 is 23.5. The highest BCUT2D eigenvalue weighted by atomic mass is 35.5. The second-order valence-electron chi connectivity index (χ2n) is 3.28. The topological polar surface area (TPSA) is 55.8 Å². The minimum Gasteiger partial charge on any atom is -0.493 e. The van der Waals surface area contributed by atoms with Crippen molar-refractivity contribution in [2.75, 3.05) is 14.2 Å². The van der Waals surface area contributed by atoms with Gasteiger partial charge in [-0.3, -0.25) is 4.79 Å². The van der Waals surface area contributed by atoms with Crippen molar-refractivity contribution in [1.29, 1.82) is 0 Å². The largest absolute Gasteiger partial charge is 0.493 e. The van der Waals surface area contributed by atoms with Gasteiger partial charge in [0.1, 0.15) is 5.82 Å². The Morgan fingerprint density at radius 2 is 2.12 bits per heavy atom. The van der Waals surface area contributed by atoms with Crippen LogP contribution >= 0.6 is 11.6 Å². The molecule has 0 fully saturated rings. The molecule has 0 unspecified atom stereocenters. The second-order valence-corrected chi connectivity index (χ2v) is 3.66. The SMILES string of the molecule is COc1cc(F)c(Cl)c(CCC(=O)O)c1OC. The van der Waals surface area contributed by atoms with E-state index in [1.165, 1.54) is 14.2 Å². The number of rotatable bonds is 5. The Kier molecular flexibility index (Phi) is 4.57. The monoisotopic (exact) mass is 262 g/mol. The van der Waals surface area contributed by atoms with Gasteiger partial charge in [0, 0.05) is 18.1 Å². The molecule has 0 aromatic heterocycles. The van der Waals surface area contributed by atoms with E-state index in [2.05, 4.69) is 0 Å². The molecule has 6 heteroatoms. The Morgan fingerprint density at radius 3 is 2.59 bits per heavy atom. The van der Waals surface area contributed by atoms with Gasteiger partial charge in [-0.05, 0) is 6.42 Å². The number of benzene rings is 1. The lowest BCUT2D eigenvalue weighted by molar-refractivity contribution is -0.136. The fourth-order valence-corrected chi connectivity index (χ4v) is 1.70. The van der Waals surface area contributed by atoms with Crippen molar-refractivity contribution in [1.82, 2.24) is 0 Å². The minimum atomic E-state index is -0.994. The minimum absolute atomic E-state index is 0.0749. The number of aliphatic carboxylic acids is 1. The van der Waals surface area contributed by atoms with Gasteiger partial charge in [-0.15, -0.1) is 0 Å². The van der Waals surface area contributed by atoms with Gasteiger partial charge in [-0.25, -0.2) is 4.39 Å². The van der Waals surface area contributed by atoms with Crippen molar-refractivity contribution in [3.63, 3.8) is 0 Å². The van der Waals surface area contributed by atoms with E-state index in [4.69, 9.17) is 26.2 Å². The molecule has 0 aliphatic carbocycles. The first-order valence-corrected chi connectivity index (χ1v) is 5.19. The van der Waals surface area contributed by atoms with Gasteiger partial charge < -0.3 is 14.6 Å². The number of carbonyl (C=O) groups is 1. The second kappa shape index (κ2) is 5.72. The number of carboxylic acid groups (broad SMARTS) is 1. The van der Waals surface area contributed by atoms with Crippen molar-refractivity contribution >= 4 is 17.6 Å². The third kappa shape index (κ3) is 3.00. The lowest BCUT2D eigenvalue weighted by atomic mass is 10.1. The average Bonchev–Trinajstić information content (AvgIpc) is 2.29. The first-order chi connectivity index (χ1) is 8.01. The molecule has 0 saturated heterocycles. The number of hydrogen-bond donors (Lipinski definition) is 1. The van der Waals surface area contributed by atoms with Crippen LogP contribution in [0.15, 0.2) is 6.07 Å². The normalized spacial score (nSPS) is 10.1. The zero-order chi connectivity index (χ0) is 13.0. The van der Waals surface area contributed by atoms with Gasteiger partial charge in [0.05, 0.1) is 19.2 Å². The summed E-state index contributed by atoms with van der Waals surface area (Å²) in [5.74, 6) is -1.20. The Balaban J connectivity index is 3.22. The summed E-state index contributed by atoms with van der Waals surface area (Å²) >= 11 is 5.79. The van der Waals surface area contributed by atoms with E-state index in [1.54, 1.807) is 0 Å². The van der Waals surface area contributed by atoms with Crippen LogP contribution in [-0.2, 0) is 11.2 Å². The molecule has 0 amide bonds. The third-order valence-corrected chi connectivity index (χ3v) is 2.65. The summed E-state index contributed by atoms with van der Waals surface area (Å²) in [7, 11) is 2.75. The maximum absolute atomic E-state index is 13.5. The van der Waals surface area contributed by atoms with Crippen LogP contribution in [0, 0.1) is 5.82 Å². The number of carboxylic acids is 1. The van der Waals surface area contributed by atoms with E-state index in [0.717, 1.165) is 6.07 Å². The van der Waals surface area contributed by atoms with E-state index in [0.29, 0.717) is 5.56 Å². The molecule has 0 heterocycles. The lowest BCUT2D eigenvalue weighted by Crippen LogP contribution is -2.03. The van der Waals surface area contributed by atoms with Crippen molar-refractivity contribution in [2.24, 2.45) is 0 Å². The molecular formula is C11H12ClFO4. The number of halogens is 2. The Morgan fingerprint density at radius 1 is 1.47 bits per heavy atom. The zero-order valence-corrected chi connectivity index (χ0v) is 10.2. The van der Waals surface area contributed by atoms with Crippen LogP contribution in [-0.4, -0.2) is 25.3 Å². The predicted molar refractivity (Wildman–Crippen MR) is 60.5 cm³/mol. The molecule has 4 nitrogen and oxygen atoms in total. The molecule has 1 rings (SSSR count). The number of ether oxygens (including phenoxy) is 2. The molecule has 94 valence electrons. The zero-order valence-electron chi connectivity index (χ0n) is 9.42. The van der Waals surface area contributed by atoms with Gasteiger partial charge in [-0.2, -0.15) is 0 Å². The lowest BCUT2D eigenvalue weighted by Gasteiger charge is -2.14. The highest BCUT2D eigenvalue weighted by Gasteiger charge is 2.19. The standard InChI is InChI=1S/C11H12ClFO4/c1-16-8-5-7(13)10(12)6(11(8)17-2)3-4-9(14)15/h5H,3-4H2,1-2H3,(H,14,15). The predicted octanol–water partition coefficient (Wildman–Crippen LogP) is 2.51. The quantitative estimate of drug-likeness (QED) is 0.886. The van der Waals surface area contributed by atoms with E-state index in [1.807, 2.05) is 0 Å². The smallest absolute Gasteiger partial charge is 0.303 e. The summed E-state index contributed by atoms with van der Waals surface area (Å²) in [5.41, 5.74) is 0.299. The van der Waals surface area contributed by atoms with Crippen LogP contribution < -0.4 is 9.47 Å². The Bertz CT molecular complexity index is 434. The molecule has 1 aromatic carbocycles. The van der Waals surface area contributed by atoms with Crippen molar-refractivity contribution in [2.45, 2.75) is 12.8 Å². The third-order valence-electron chi connectivity index (χ3n) is 2.24. The van der Waals surface area contributed by atoms with Gasteiger partial charge in [0.15, 0.2) is 11.5 Å². The maximum Gasteiger partial charge on any atom is 0.303 e. The maximum atomic E-state index is 13.5. The Labute approximate surface area is 103 Å². The molecule has 0 radical (unpaired) electrons. The number of hydrogen-bond acceptors (Lipinski definition) is 3. The Hall–Kier alpha value is -1.49. The fourth-order valence-electron chi connectivity index (χ4n) is 1.47. The van der Waals surface area contributed by atoms with Gasteiger partial charge >= 0.3 is 5.97 Å². The highest BCUT2D eigenvalue weighted by molar-refractivity contribution is 6.31. The fraction of sp³-hybridized carbons (Fsp3) is 0.364. The molecule has 0 saturated carbocycles. The summed E-state index contributed by atoms with van der Waals surface area (Å²) in [6, 6.07) is 1.10. The molecule has 1 N–H and O–H groups in total. The van der Waals surface area contributed by atoms with Crippen LogP contribution in [0.5, 0.6) is 11.5 Å². The molecule has 0 atom stereocenters. The van der Waals surface area contributed by atoms with Gasteiger partial charge in [-0.1, -0.05) is 11.6 Å². The van der Waals surface area contributed by atoms with E-state index < -0.39 is 11.8 Å². The van der Waals surface area contributed by atoms with Crippen LogP contribution in [0.2, 0.25) is 5.02 Å². The molecular weight excluding hydrogens is 251 g/mol. The van der Waals surface area contributed by atoms with Crippen molar-refractivity contribution in [3.8, 4) is 11.5 Å². The number of methoxy groups -OCH3 is 2. The van der Waals surface area contributed by atoms with Gasteiger partial charge in [0.2, 0.25) is 0 Å². The summed E-state index contributed by atoms with van der Waals surface area (Å²) in [4.78, 5) is 10.5. The molecule has 0 aliphatic heterocycles. The van der Waals surface area contributed by atoms with Crippen LogP contribution in [0.25, 0.3) is 0 Å². The average molecular weight is 263 g/mol. The van der Waals surface area contributed by atoms with Crippen LogP contribution in [0.3, 0.4) is 0 Å². The summed E-state index contributed by atoms with van der Waals surface area (Å²) in [5, 5.41) is 8.48. The summed E-state index contributed by atoms with van der Waals surface area (Å²) in [6.07, 6.45) is -0.0891. The molecule has 0 aliphatic rings. The molecule has 17 heavy (non-hydrogen) atoms. The first kappa shape index (κ1) is 13.6. The van der Waals surface area contributed by atoms with Crippen LogP contribution in [0.1, 0.15) is 12.0 Å². The van der Waals surface area contributed by atoms with Crippen molar-refractivity contribution in [3.05, 3.63) is 22.5 Å². The molecule has 0 spiro atoms. The van der Waals surface area contributed by atoms with Gasteiger partial charge in [0.25, 0.3) is 0 Å². The van der Waals surface area contributed by atoms with Crippen LogP contribution in [0.4, 0.5) is 4.39 Å². The molecule has 1 aromatic rings. The van der Waals surface area contributed by atoms with E-state index in [-0.39, 0.29) is 29.4 Å². The first-order valence-electron chi connectivity index (χ1n) is 4.81. The summed E-state index contributed by atoms with van der Waals surface area (Å²) in [6.45, 7) is 0. The van der Waals surface area contributed by atoms with Crippen molar-refractivity contribution < 1.29 is 23.8 Å². The highest BCUT2D eigenvalue weighted by Crippen LogP contribution is 2.38. The van der Waals surface area contributed by atoms with E-state index in [9.17, 15) is 9.18 Å². The molecule has 0 bridgehead atoms. The van der Waals surface area contributed by atoms with E-state index >= 15 is 0 Å².